The summed E-state index contributed by atoms with van der Waals surface area (Å²) in [6.07, 6.45) is 3.68. The molecule has 6 nitrogen and oxygen atoms in total. The first-order valence-corrected chi connectivity index (χ1v) is 9.43. The highest BCUT2D eigenvalue weighted by Crippen LogP contribution is 2.46. The van der Waals surface area contributed by atoms with Gasteiger partial charge in [-0.2, -0.15) is 17.0 Å². The standard InChI is InChI=1S/C12H22N2O4S2/c1-3-4-7-13(2)20(17,18)14-10(12(15)16)8-19-11(14)9-5-6-9/h9-11H,3-8H2,1-2H3,(H,15,16). The zero-order chi connectivity index (χ0) is 14.9. The fourth-order valence-corrected chi connectivity index (χ4v) is 6.10. The van der Waals surface area contributed by atoms with Crippen LogP contribution >= 0.6 is 11.8 Å². The van der Waals surface area contributed by atoms with Crippen LogP contribution in [0, 0.1) is 5.92 Å². The zero-order valence-electron chi connectivity index (χ0n) is 11.9. The molecule has 0 spiro atoms. The molecule has 0 aromatic carbocycles. The summed E-state index contributed by atoms with van der Waals surface area (Å²) in [7, 11) is -2.16. The first-order chi connectivity index (χ1) is 9.39. The molecule has 0 aromatic rings. The molecule has 0 amide bonds. The van der Waals surface area contributed by atoms with Gasteiger partial charge in [-0.25, -0.2) is 0 Å². The Labute approximate surface area is 124 Å². The Balaban J connectivity index is 2.21. The second-order valence-corrected chi connectivity index (χ2v) is 8.52. The van der Waals surface area contributed by atoms with Crippen LogP contribution in [0.5, 0.6) is 0 Å². The molecule has 1 saturated carbocycles. The summed E-state index contributed by atoms with van der Waals surface area (Å²) in [5.41, 5.74) is 0. The van der Waals surface area contributed by atoms with Crippen LogP contribution in [0.15, 0.2) is 0 Å². The number of carbonyl (C=O) groups is 1. The Kier molecular flexibility index (Phi) is 4.99. The summed E-state index contributed by atoms with van der Waals surface area (Å²) in [4.78, 5) is 11.3. The number of carboxylic acids is 1. The average molecular weight is 322 g/mol. The van der Waals surface area contributed by atoms with Gasteiger partial charge in [-0.05, 0) is 25.2 Å². The van der Waals surface area contributed by atoms with Crippen LogP contribution in [-0.2, 0) is 15.0 Å². The van der Waals surface area contributed by atoms with E-state index >= 15 is 0 Å². The van der Waals surface area contributed by atoms with Gasteiger partial charge in [-0.3, -0.25) is 4.79 Å². The Hall–Kier alpha value is -0.310. The molecular formula is C12H22N2O4S2. The molecule has 2 rings (SSSR count). The maximum atomic E-state index is 12.7. The van der Waals surface area contributed by atoms with Crippen LogP contribution in [0.1, 0.15) is 32.6 Å². The molecule has 20 heavy (non-hydrogen) atoms. The summed E-state index contributed by atoms with van der Waals surface area (Å²) >= 11 is 1.46. The van der Waals surface area contributed by atoms with Crippen LogP contribution in [0.2, 0.25) is 0 Å². The lowest BCUT2D eigenvalue weighted by molar-refractivity contribution is -0.140. The first kappa shape index (κ1) is 16.1. The van der Waals surface area contributed by atoms with Gasteiger partial charge in [0.05, 0.1) is 5.37 Å². The van der Waals surface area contributed by atoms with Gasteiger partial charge >= 0.3 is 5.97 Å². The van der Waals surface area contributed by atoms with Crippen molar-refractivity contribution < 1.29 is 18.3 Å². The summed E-state index contributed by atoms with van der Waals surface area (Å²) in [5, 5.41) is 9.08. The van der Waals surface area contributed by atoms with Gasteiger partial charge in [0, 0.05) is 19.3 Å². The number of hydrogen-bond donors (Lipinski definition) is 1. The van der Waals surface area contributed by atoms with E-state index in [-0.39, 0.29) is 5.37 Å². The molecule has 0 bridgehead atoms. The summed E-state index contributed by atoms with van der Waals surface area (Å²) in [5.74, 6) is -0.385. The normalized spacial score (nSPS) is 28.1. The molecule has 116 valence electrons. The van der Waals surface area contributed by atoms with Crippen molar-refractivity contribution in [2.75, 3.05) is 19.3 Å². The average Bonchev–Trinajstić information content (AvgIpc) is 3.13. The van der Waals surface area contributed by atoms with Crippen molar-refractivity contribution in [3.8, 4) is 0 Å². The van der Waals surface area contributed by atoms with E-state index in [1.165, 1.54) is 27.4 Å². The molecule has 2 aliphatic rings. The van der Waals surface area contributed by atoms with Crippen LogP contribution < -0.4 is 0 Å². The number of unbranched alkanes of at least 4 members (excludes halogenated alkanes) is 1. The lowest BCUT2D eigenvalue weighted by Gasteiger charge is -2.30. The monoisotopic (exact) mass is 322 g/mol. The quantitative estimate of drug-likeness (QED) is 0.762. The van der Waals surface area contributed by atoms with Crippen molar-refractivity contribution in [2.24, 2.45) is 5.92 Å². The van der Waals surface area contributed by atoms with Gasteiger partial charge in [0.25, 0.3) is 10.2 Å². The largest absolute Gasteiger partial charge is 0.480 e. The second kappa shape index (κ2) is 6.21. The third kappa shape index (κ3) is 3.13. The summed E-state index contributed by atoms with van der Waals surface area (Å²) < 4.78 is 27.9. The molecule has 1 saturated heterocycles. The smallest absolute Gasteiger partial charge is 0.322 e. The molecule has 1 N–H and O–H groups in total. The molecule has 1 aliphatic carbocycles. The van der Waals surface area contributed by atoms with Gasteiger partial charge in [-0.15, -0.1) is 11.8 Å². The zero-order valence-corrected chi connectivity index (χ0v) is 13.5. The lowest BCUT2D eigenvalue weighted by atomic mass is 10.3. The Morgan fingerprint density at radius 2 is 2.10 bits per heavy atom. The van der Waals surface area contributed by atoms with E-state index in [9.17, 15) is 18.3 Å². The van der Waals surface area contributed by atoms with Crippen LogP contribution in [0.25, 0.3) is 0 Å². The molecule has 2 unspecified atom stereocenters. The number of hydrogen-bond acceptors (Lipinski definition) is 4. The lowest BCUT2D eigenvalue weighted by Crippen LogP contribution is -2.51. The van der Waals surface area contributed by atoms with Crippen LogP contribution in [0.4, 0.5) is 0 Å². The van der Waals surface area contributed by atoms with E-state index in [2.05, 4.69) is 0 Å². The first-order valence-electron chi connectivity index (χ1n) is 6.98. The van der Waals surface area contributed by atoms with E-state index in [1.54, 1.807) is 0 Å². The number of thioether (sulfide) groups is 1. The van der Waals surface area contributed by atoms with Gasteiger partial charge < -0.3 is 5.11 Å². The van der Waals surface area contributed by atoms with Crippen molar-refractivity contribution in [1.82, 2.24) is 8.61 Å². The Bertz CT molecular complexity index is 464. The van der Waals surface area contributed by atoms with E-state index in [0.29, 0.717) is 18.2 Å². The molecule has 2 fully saturated rings. The number of nitrogens with zero attached hydrogens (tertiary/aromatic N) is 2. The number of carboxylic acid groups (broad SMARTS) is 1. The maximum Gasteiger partial charge on any atom is 0.322 e. The second-order valence-electron chi connectivity index (χ2n) is 5.43. The Morgan fingerprint density at radius 1 is 1.45 bits per heavy atom. The predicted octanol–water partition coefficient (Wildman–Crippen LogP) is 1.20. The van der Waals surface area contributed by atoms with Gasteiger partial charge in [0.1, 0.15) is 6.04 Å². The van der Waals surface area contributed by atoms with Crippen molar-refractivity contribution in [1.29, 1.82) is 0 Å². The molecule has 0 radical (unpaired) electrons. The van der Waals surface area contributed by atoms with Crippen molar-refractivity contribution in [3.63, 3.8) is 0 Å². The fraction of sp³-hybridized carbons (Fsp3) is 0.917. The predicted molar refractivity (Wildman–Crippen MR) is 78.7 cm³/mol. The minimum Gasteiger partial charge on any atom is -0.480 e. The van der Waals surface area contributed by atoms with E-state index in [4.69, 9.17) is 0 Å². The molecule has 2 atom stereocenters. The third-order valence-electron chi connectivity index (χ3n) is 3.78. The van der Waals surface area contributed by atoms with E-state index in [1.807, 2.05) is 6.92 Å². The SMILES string of the molecule is CCCCN(C)S(=O)(=O)N1C(C(=O)O)CSC1C1CC1. The highest BCUT2D eigenvalue weighted by molar-refractivity contribution is 8.01. The van der Waals surface area contributed by atoms with Gasteiger partial charge in [-0.1, -0.05) is 13.3 Å². The Morgan fingerprint density at radius 3 is 2.60 bits per heavy atom. The van der Waals surface area contributed by atoms with E-state index in [0.717, 1.165) is 25.7 Å². The minimum atomic E-state index is -3.69. The maximum absolute atomic E-state index is 12.7. The molecule has 1 aliphatic heterocycles. The highest BCUT2D eigenvalue weighted by Gasteiger charge is 2.52. The highest BCUT2D eigenvalue weighted by atomic mass is 32.2. The minimum absolute atomic E-state index is 0.204. The number of aliphatic carboxylic acids is 1. The van der Waals surface area contributed by atoms with Gasteiger partial charge in [0.15, 0.2) is 0 Å². The van der Waals surface area contributed by atoms with Crippen molar-refractivity contribution in [2.45, 2.75) is 44.0 Å². The number of rotatable bonds is 7. The van der Waals surface area contributed by atoms with Crippen LogP contribution in [-0.4, -0.2) is 58.9 Å². The molecule has 8 heteroatoms. The van der Waals surface area contributed by atoms with Crippen LogP contribution in [0.3, 0.4) is 0 Å². The third-order valence-corrected chi connectivity index (χ3v) is 7.36. The van der Waals surface area contributed by atoms with Crippen molar-refractivity contribution in [3.05, 3.63) is 0 Å². The van der Waals surface area contributed by atoms with Gasteiger partial charge in [0.2, 0.25) is 0 Å². The van der Waals surface area contributed by atoms with E-state index < -0.39 is 22.2 Å². The fourth-order valence-electron chi connectivity index (χ4n) is 2.37. The topological polar surface area (TPSA) is 77.9 Å². The molecule has 1 heterocycles. The summed E-state index contributed by atoms with van der Waals surface area (Å²) in [6, 6.07) is -0.931. The van der Waals surface area contributed by atoms with Crippen molar-refractivity contribution >= 4 is 27.9 Å². The molecular weight excluding hydrogens is 300 g/mol. The molecule has 0 aromatic heterocycles. The summed E-state index contributed by atoms with van der Waals surface area (Å²) in [6.45, 7) is 2.43.